The Balaban J connectivity index is 1.73. The average molecular weight is 338 g/mol. The topological polar surface area (TPSA) is 56.3 Å². The number of aryl methyl sites for hydroxylation is 2. The first-order valence-corrected chi connectivity index (χ1v) is 8.46. The van der Waals surface area contributed by atoms with Crippen LogP contribution in [0.5, 0.6) is 5.75 Å². The summed E-state index contributed by atoms with van der Waals surface area (Å²) in [6.07, 6.45) is 1.94. The van der Waals surface area contributed by atoms with E-state index in [2.05, 4.69) is 38.7 Å². The van der Waals surface area contributed by atoms with Crippen molar-refractivity contribution in [1.82, 2.24) is 19.6 Å². The van der Waals surface area contributed by atoms with E-state index in [0.29, 0.717) is 6.54 Å². The molecule has 3 heterocycles. The molecule has 1 aliphatic heterocycles. The summed E-state index contributed by atoms with van der Waals surface area (Å²) in [4.78, 5) is 6.96. The Bertz CT molecular complexity index is 883. The number of ether oxygens (including phenoxy) is 1. The molecule has 0 saturated heterocycles. The molecule has 3 aromatic rings. The van der Waals surface area contributed by atoms with Crippen LogP contribution < -0.4 is 4.74 Å². The van der Waals surface area contributed by atoms with Gasteiger partial charge in [0.15, 0.2) is 0 Å². The fourth-order valence-electron chi connectivity index (χ4n) is 3.57. The Hall–Kier alpha value is -2.60. The van der Waals surface area contributed by atoms with Crippen LogP contribution in [-0.4, -0.2) is 26.7 Å². The molecule has 2 aromatic heterocycles. The number of fused-ring (bicyclic) bond motifs is 1. The molecule has 0 bridgehead atoms. The second-order valence-electron chi connectivity index (χ2n) is 6.52. The van der Waals surface area contributed by atoms with E-state index in [1.54, 1.807) is 7.11 Å². The zero-order valence-corrected chi connectivity index (χ0v) is 14.8. The van der Waals surface area contributed by atoms with Gasteiger partial charge in [0.05, 0.1) is 25.4 Å². The predicted molar refractivity (Wildman–Crippen MR) is 93.2 cm³/mol. The first-order valence-electron chi connectivity index (χ1n) is 8.46. The minimum Gasteiger partial charge on any atom is -0.496 e. The lowest BCUT2D eigenvalue weighted by Crippen LogP contribution is -2.37. The Morgan fingerprint density at radius 3 is 2.88 bits per heavy atom. The first kappa shape index (κ1) is 15.9. The highest BCUT2D eigenvalue weighted by atomic mass is 16.5. The van der Waals surface area contributed by atoms with Crippen molar-refractivity contribution < 1.29 is 9.26 Å². The van der Waals surface area contributed by atoms with Gasteiger partial charge in [-0.1, -0.05) is 23.4 Å². The molecule has 0 N–H and O–H groups in total. The van der Waals surface area contributed by atoms with Gasteiger partial charge in [0.25, 0.3) is 0 Å². The quantitative estimate of drug-likeness (QED) is 0.731. The number of nitrogens with zero attached hydrogens (tertiary/aromatic N) is 4. The van der Waals surface area contributed by atoms with E-state index in [4.69, 9.17) is 9.26 Å². The third-order valence-electron chi connectivity index (χ3n) is 4.82. The number of imidazole rings is 1. The van der Waals surface area contributed by atoms with E-state index in [1.807, 2.05) is 31.3 Å². The number of aromatic nitrogens is 3. The second-order valence-corrected chi connectivity index (χ2v) is 6.52. The molecule has 4 rings (SSSR count). The molecular weight excluding hydrogens is 316 g/mol. The number of hydrogen-bond acceptors (Lipinski definition) is 5. The predicted octanol–water partition coefficient (Wildman–Crippen LogP) is 3.25. The van der Waals surface area contributed by atoms with Crippen molar-refractivity contribution in [3.05, 3.63) is 65.1 Å². The fraction of sp³-hybridized carbons (Fsp3) is 0.368. The first-order chi connectivity index (χ1) is 12.2. The summed E-state index contributed by atoms with van der Waals surface area (Å²) in [7, 11) is 1.72. The minimum absolute atomic E-state index is 0.188. The van der Waals surface area contributed by atoms with Crippen LogP contribution in [0.25, 0.3) is 0 Å². The third-order valence-corrected chi connectivity index (χ3v) is 4.82. The van der Waals surface area contributed by atoms with Gasteiger partial charge in [-0.2, -0.15) is 0 Å². The van der Waals surface area contributed by atoms with Crippen LogP contribution in [0.2, 0.25) is 0 Å². The van der Waals surface area contributed by atoms with Gasteiger partial charge in [-0.3, -0.25) is 4.90 Å². The number of rotatable bonds is 4. The number of benzene rings is 1. The highest BCUT2D eigenvalue weighted by molar-refractivity contribution is 5.36. The molecule has 130 valence electrons. The van der Waals surface area contributed by atoms with Crippen molar-refractivity contribution in [2.75, 3.05) is 7.11 Å². The van der Waals surface area contributed by atoms with Gasteiger partial charge < -0.3 is 13.8 Å². The Morgan fingerprint density at radius 2 is 2.12 bits per heavy atom. The third kappa shape index (κ3) is 2.93. The van der Waals surface area contributed by atoms with Crippen LogP contribution in [-0.2, 0) is 19.6 Å². The lowest BCUT2D eigenvalue weighted by Gasteiger charge is -2.37. The smallest absolute Gasteiger partial charge is 0.133 e. The minimum atomic E-state index is 0.188. The molecule has 1 aliphatic rings. The maximum Gasteiger partial charge on any atom is 0.133 e. The van der Waals surface area contributed by atoms with Crippen LogP contribution >= 0.6 is 0 Å². The maximum absolute atomic E-state index is 5.62. The van der Waals surface area contributed by atoms with Crippen molar-refractivity contribution in [2.45, 2.75) is 39.5 Å². The Kier molecular flexibility index (Phi) is 4.05. The van der Waals surface area contributed by atoms with Gasteiger partial charge in [-0.15, -0.1) is 0 Å². The molecule has 6 nitrogen and oxygen atoms in total. The van der Waals surface area contributed by atoms with E-state index in [0.717, 1.165) is 36.1 Å². The van der Waals surface area contributed by atoms with Crippen molar-refractivity contribution in [1.29, 1.82) is 0 Å². The van der Waals surface area contributed by atoms with Crippen LogP contribution in [0.3, 0.4) is 0 Å². The summed E-state index contributed by atoms with van der Waals surface area (Å²) in [5, 5.41) is 4.17. The van der Waals surface area contributed by atoms with Gasteiger partial charge in [0.1, 0.15) is 17.3 Å². The van der Waals surface area contributed by atoms with Gasteiger partial charge in [-0.25, -0.2) is 4.98 Å². The molecule has 0 amide bonds. The number of methoxy groups -OCH3 is 1. The molecule has 1 atom stereocenters. The molecule has 0 spiro atoms. The summed E-state index contributed by atoms with van der Waals surface area (Å²) >= 11 is 0. The molecule has 0 saturated carbocycles. The monoisotopic (exact) mass is 338 g/mol. The van der Waals surface area contributed by atoms with Gasteiger partial charge in [0, 0.05) is 36.6 Å². The maximum atomic E-state index is 5.62. The molecule has 0 aliphatic carbocycles. The zero-order chi connectivity index (χ0) is 17.4. The highest BCUT2D eigenvalue weighted by Crippen LogP contribution is 2.35. The van der Waals surface area contributed by atoms with E-state index < -0.39 is 0 Å². The molecular formula is C19H22N4O2. The number of hydrogen-bond donors (Lipinski definition) is 0. The lowest BCUT2D eigenvalue weighted by molar-refractivity contribution is 0.122. The molecule has 6 heteroatoms. The molecule has 0 radical (unpaired) electrons. The van der Waals surface area contributed by atoms with Crippen molar-refractivity contribution >= 4 is 0 Å². The molecule has 25 heavy (non-hydrogen) atoms. The van der Waals surface area contributed by atoms with Crippen molar-refractivity contribution in [3.8, 4) is 5.75 Å². The van der Waals surface area contributed by atoms with Gasteiger partial charge >= 0.3 is 0 Å². The standard InChI is InChI=1S/C19H22N4O2/c1-13-9-20-19-12-22(10-15-8-14(2)25-21-15)17(11-23(13)19)16-6-4-5-7-18(16)24-3/h4-9,17H,10-12H2,1-3H3. The summed E-state index contributed by atoms with van der Waals surface area (Å²) in [5.74, 6) is 2.83. The fourth-order valence-corrected chi connectivity index (χ4v) is 3.57. The van der Waals surface area contributed by atoms with Gasteiger partial charge in [-0.05, 0) is 19.9 Å². The van der Waals surface area contributed by atoms with E-state index in [-0.39, 0.29) is 6.04 Å². The largest absolute Gasteiger partial charge is 0.496 e. The lowest BCUT2D eigenvalue weighted by atomic mass is 10.0. The Morgan fingerprint density at radius 1 is 1.28 bits per heavy atom. The van der Waals surface area contributed by atoms with Crippen molar-refractivity contribution in [3.63, 3.8) is 0 Å². The summed E-state index contributed by atoms with van der Waals surface area (Å²) in [6, 6.07) is 10.4. The number of para-hydroxylation sites is 1. The van der Waals surface area contributed by atoms with Crippen LogP contribution in [0, 0.1) is 13.8 Å². The van der Waals surface area contributed by atoms with Crippen LogP contribution in [0.4, 0.5) is 0 Å². The second kappa shape index (κ2) is 6.37. The summed E-state index contributed by atoms with van der Waals surface area (Å²) in [5.41, 5.74) is 3.31. The van der Waals surface area contributed by atoms with E-state index >= 15 is 0 Å². The highest BCUT2D eigenvalue weighted by Gasteiger charge is 2.31. The summed E-state index contributed by atoms with van der Waals surface area (Å²) in [6.45, 7) is 6.35. The van der Waals surface area contributed by atoms with E-state index in [9.17, 15) is 0 Å². The summed E-state index contributed by atoms with van der Waals surface area (Å²) < 4.78 is 13.2. The molecule has 1 aromatic carbocycles. The molecule has 0 fully saturated rings. The SMILES string of the molecule is COc1ccccc1C1Cn2c(C)cnc2CN1Cc1cc(C)on1. The zero-order valence-electron chi connectivity index (χ0n) is 14.8. The Labute approximate surface area is 147 Å². The average Bonchev–Trinajstić information content (AvgIpc) is 3.20. The van der Waals surface area contributed by atoms with Gasteiger partial charge in [0.2, 0.25) is 0 Å². The van der Waals surface area contributed by atoms with Crippen molar-refractivity contribution in [2.24, 2.45) is 0 Å². The van der Waals surface area contributed by atoms with Crippen LogP contribution in [0.15, 0.2) is 41.1 Å². The van der Waals surface area contributed by atoms with E-state index in [1.165, 1.54) is 11.3 Å². The normalized spacial score (nSPS) is 17.5. The van der Waals surface area contributed by atoms with Crippen LogP contribution in [0.1, 0.15) is 34.6 Å². The molecule has 1 unspecified atom stereocenters.